The first-order valence-corrected chi connectivity index (χ1v) is 12.7. The van der Waals surface area contributed by atoms with Crippen molar-refractivity contribution in [3.63, 3.8) is 0 Å². The molecule has 2 aliphatic heterocycles. The Balaban J connectivity index is 1.51. The molecule has 38 heavy (non-hydrogen) atoms. The van der Waals surface area contributed by atoms with Gasteiger partial charge in [0.1, 0.15) is 5.92 Å². The minimum absolute atomic E-state index is 0.0174. The highest BCUT2D eigenvalue weighted by molar-refractivity contribution is 6.31. The number of aliphatic imine (C=N–C) groups is 1. The van der Waals surface area contributed by atoms with Gasteiger partial charge < -0.3 is 20.2 Å². The Bertz CT molecular complexity index is 1430. The number of rotatable bonds is 6. The van der Waals surface area contributed by atoms with E-state index in [0.29, 0.717) is 51.9 Å². The fourth-order valence-electron chi connectivity index (χ4n) is 4.83. The standard InChI is InChI=1S/C29H27ClN4O4/c1-33-11-13-34(14-12-33)29(38)19-5-8-22(9-6-19)31-27(20-4-2-3-18(15-20)16-25(35)36)26-23-10-7-21(30)17-24(23)32-28(26)37/h2-10,15,17,26H,11-14,16H2,1H3,(H,32,37)(H,35,36). The number of anilines is 1. The van der Waals surface area contributed by atoms with Crippen molar-refractivity contribution in [2.45, 2.75) is 12.3 Å². The second kappa shape index (κ2) is 10.8. The number of likely N-dealkylation sites (N-methyl/N-ethyl adjacent to an activating group) is 1. The minimum Gasteiger partial charge on any atom is -0.481 e. The fourth-order valence-corrected chi connectivity index (χ4v) is 5.00. The Morgan fingerprint density at radius 2 is 1.74 bits per heavy atom. The molecule has 0 aromatic heterocycles. The average Bonchev–Trinajstić information content (AvgIpc) is 3.22. The van der Waals surface area contributed by atoms with Gasteiger partial charge >= 0.3 is 5.97 Å². The maximum atomic E-state index is 13.2. The number of carboxylic acid groups (broad SMARTS) is 1. The van der Waals surface area contributed by atoms with Crippen molar-refractivity contribution < 1.29 is 19.5 Å². The van der Waals surface area contributed by atoms with Crippen LogP contribution in [0.2, 0.25) is 5.02 Å². The number of nitrogens with zero attached hydrogens (tertiary/aromatic N) is 3. The molecule has 2 aliphatic rings. The zero-order valence-electron chi connectivity index (χ0n) is 20.9. The van der Waals surface area contributed by atoms with Gasteiger partial charge in [-0.15, -0.1) is 0 Å². The largest absolute Gasteiger partial charge is 0.481 e. The van der Waals surface area contributed by atoms with E-state index in [1.54, 1.807) is 60.7 Å². The van der Waals surface area contributed by atoms with Crippen molar-refractivity contribution in [1.29, 1.82) is 0 Å². The van der Waals surface area contributed by atoms with Crippen molar-refractivity contribution >= 4 is 46.5 Å². The summed E-state index contributed by atoms with van der Waals surface area (Å²) in [6.07, 6.45) is -0.146. The molecule has 1 fully saturated rings. The van der Waals surface area contributed by atoms with Gasteiger partial charge in [-0.1, -0.05) is 35.9 Å². The van der Waals surface area contributed by atoms with Gasteiger partial charge in [-0.05, 0) is 66.2 Å². The lowest BCUT2D eigenvalue weighted by Gasteiger charge is -2.32. The normalized spacial score (nSPS) is 17.7. The molecule has 2 amide bonds. The summed E-state index contributed by atoms with van der Waals surface area (Å²) in [6, 6.07) is 19.3. The van der Waals surface area contributed by atoms with E-state index in [9.17, 15) is 19.5 Å². The molecule has 3 aromatic rings. The Labute approximate surface area is 225 Å². The molecule has 5 rings (SSSR count). The van der Waals surface area contributed by atoms with Crippen LogP contribution in [0.15, 0.2) is 71.7 Å². The van der Waals surface area contributed by atoms with Gasteiger partial charge in [-0.2, -0.15) is 0 Å². The van der Waals surface area contributed by atoms with Gasteiger partial charge in [-0.25, -0.2) is 0 Å². The lowest BCUT2D eigenvalue weighted by molar-refractivity contribution is -0.136. The molecule has 2 heterocycles. The van der Waals surface area contributed by atoms with Crippen molar-refractivity contribution in [2.75, 3.05) is 38.5 Å². The molecule has 0 bridgehead atoms. The number of carbonyl (C=O) groups is 3. The molecule has 1 saturated heterocycles. The van der Waals surface area contributed by atoms with Crippen LogP contribution in [0, 0.1) is 0 Å². The summed E-state index contributed by atoms with van der Waals surface area (Å²) in [5.41, 5.74) is 4.24. The first kappa shape index (κ1) is 25.6. The monoisotopic (exact) mass is 530 g/mol. The number of piperazine rings is 1. The highest BCUT2D eigenvalue weighted by Gasteiger charge is 2.35. The summed E-state index contributed by atoms with van der Waals surface area (Å²) >= 11 is 6.15. The Kier molecular flexibility index (Phi) is 7.26. The SMILES string of the molecule is CN1CCN(C(=O)c2ccc(N=C(c3cccc(CC(=O)O)c3)C3C(=O)Nc4cc(Cl)ccc43)cc2)CC1. The Morgan fingerprint density at radius 1 is 1.00 bits per heavy atom. The average molecular weight is 531 g/mol. The van der Waals surface area contributed by atoms with Crippen LogP contribution in [-0.2, 0) is 16.0 Å². The molecule has 0 spiro atoms. The van der Waals surface area contributed by atoms with E-state index >= 15 is 0 Å². The van der Waals surface area contributed by atoms with Gasteiger partial charge in [0.05, 0.1) is 17.8 Å². The van der Waals surface area contributed by atoms with Crippen LogP contribution >= 0.6 is 11.6 Å². The number of fused-ring (bicyclic) bond motifs is 1. The third kappa shape index (κ3) is 5.46. The summed E-state index contributed by atoms with van der Waals surface area (Å²) in [5, 5.41) is 12.7. The third-order valence-corrected chi connectivity index (χ3v) is 7.09. The van der Waals surface area contributed by atoms with Crippen LogP contribution < -0.4 is 5.32 Å². The second-order valence-corrected chi connectivity index (χ2v) is 10.0. The number of hydrogen-bond acceptors (Lipinski definition) is 5. The number of aliphatic carboxylic acids is 1. The predicted molar refractivity (Wildman–Crippen MR) is 147 cm³/mol. The maximum Gasteiger partial charge on any atom is 0.307 e. The molecule has 3 aromatic carbocycles. The van der Waals surface area contributed by atoms with E-state index in [1.807, 2.05) is 18.0 Å². The first-order chi connectivity index (χ1) is 18.3. The molecule has 0 saturated carbocycles. The maximum absolute atomic E-state index is 13.2. The number of nitrogens with one attached hydrogen (secondary N) is 1. The number of halogens is 1. The van der Waals surface area contributed by atoms with Crippen LogP contribution in [0.4, 0.5) is 11.4 Å². The number of carbonyl (C=O) groups excluding carboxylic acids is 2. The molecule has 194 valence electrons. The van der Waals surface area contributed by atoms with Crippen molar-refractivity contribution in [3.8, 4) is 0 Å². The summed E-state index contributed by atoms with van der Waals surface area (Å²) in [5.74, 6) is -1.92. The van der Waals surface area contributed by atoms with E-state index in [0.717, 1.165) is 18.7 Å². The highest BCUT2D eigenvalue weighted by Crippen LogP contribution is 2.38. The fraction of sp³-hybridized carbons (Fsp3) is 0.241. The van der Waals surface area contributed by atoms with Gasteiger partial charge in [0.25, 0.3) is 5.91 Å². The summed E-state index contributed by atoms with van der Waals surface area (Å²) < 4.78 is 0. The van der Waals surface area contributed by atoms with Gasteiger partial charge in [0, 0.05) is 42.5 Å². The van der Waals surface area contributed by atoms with E-state index in [2.05, 4.69) is 10.2 Å². The van der Waals surface area contributed by atoms with Crippen LogP contribution in [0.25, 0.3) is 0 Å². The molecule has 8 nitrogen and oxygen atoms in total. The number of amides is 2. The van der Waals surface area contributed by atoms with Crippen molar-refractivity contribution in [2.24, 2.45) is 4.99 Å². The molecule has 9 heteroatoms. The van der Waals surface area contributed by atoms with E-state index in [4.69, 9.17) is 16.6 Å². The van der Waals surface area contributed by atoms with Crippen LogP contribution in [0.5, 0.6) is 0 Å². The van der Waals surface area contributed by atoms with E-state index in [-0.39, 0.29) is 18.2 Å². The lowest BCUT2D eigenvalue weighted by atomic mass is 9.89. The van der Waals surface area contributed by atoms with Crippen LogP contribution in [0.3, 0.4) is 0 Å². The summed E-state index contributed by atoms with van der Waals surface area (Å²) in [7, 11) is 2.04. The topological polar surface area (TPSA) is 102 Å². The first-order valence-electron chi connectivity index (χ1n) is 12.4. The van der Waals surface area contributed by atoms with E-state index in [1.165, 1.54) is 0 Å². The molecule has 0 radical (unpaired) electrons. The van der Waals surface area contributed by atoms with Crippen LogP contribution in [0.1, 0.15) is 33.0 Å². The molecule has 1 atom stereocenters. The number of benzene rings is 3. The second-order valence-electron chi connectivity index (χ2n) is 9.56. The molecule has 0 aliphatic carbocycles. The predicted octanol–water partition coefficient (Wildman–Crippen LogP) is 4.21. The third-order valence-electron chi connectivity index (χ3n) is 6.85. The molecule has 1 unspecified atom stereocenters. The summed E-state index contributed by atoms with van der Waals surface area (Å²) in [4.78, 5) is 46.4. The van der Waals surface area contributed by atoms with Crippen molar-refractivity contribution in [3.05, 3.63) is 94.0 Å². The zero-order valence-corrected chi connectivity index (χ0v) is 21.6. The van der Waals surface area contributed by atoms with E-state index < -0.39 is 11.9 Å². The van der Waals surface area contributed by atoms with Gasteiger partial charge in [-0.3, -0.25) is 19.4 Å². The smallest absolute Gasteiger partial charge is 0.307 e. The minimum atomic E-state index is -0.945. The lowest BCUT2D eigenvalue weighted by Crippen LogP contribution is -2.47. The highest BCUT2D eigenvalue weighted by atomic mass is 35.5. The Hall–Kier alpha value is -4.01. The molecular weight excluding hydrogens is 504 g/mol. The quantitative estimate of drug-likeness (QED) is 0.465. The molecular formula is C29H27ClN4O4. The van der Waals surface area contributed by atoms with Crippen molar-refractivity contribution in [1.82, 2.24) is 9.80 Å². The van der Waals surface area contributed by atoms with Crippen LogP contribution in [-0.4, -0.2) is 71.6 Å². The Morgan fingerprint density at radius 3 is 2.45 bits per heavy atom. The van der Waals surface area contributed by atoms with Gasteiger partial charge in [0.2, 0.25) is 5.91 Å². The zero-order chi connectivity index (χ0) is 26.8. The summed E-state index contributed by atoms with van der Waals surface area (Å²) in [6.45, 7) is 3.06. The molecule has 2 N–H and O–H groups in total. The van der Waals surface area contributed by atoms with Gasteiger partial charge in [0.15, 0.2) is 0 Å². The number of hydrogen-bond donors (Lipinski definition) is 2. The number of carboxylic acids is 1.